The van der Waals surface area contributed by atoms with Gasteiger partial charge in [0.05, 0.1) is 11.6 Å². The molecule has 0 saturated carbocycles. The second-order valence-corrected chi connectivity index (χ2v) is 6.06. The highest BCUT2D eigenvalue weighted by atomic mass is 19.1. The molecule has 1 aliphatic heterocycles. The third-order valence-corrected chi connectivity index (χ3v) is 4.36. The van der Waals surface area contributed by atoms with Gasteiger partial charge in [0.25, 0.3) is 0 Å². The minimum Gasteiger partial charge on any atom is -0.341 e. The van der Waals surface area contributed by atoms with Gasteiger partial charge in [-0.2, -0.15) is 5.10 Å². The summed E-state index contributed by atoms with van der Waals surface area (Å²) in [6, 6.07) is 2.89. The number of amides is 1. The van der Waals surface area contributed by atoms with Crippen LogP contribution < -0.4 is 0 Å². The lowest BCUT2D eigenvalue weighted by Gasteiger charge is -2.32. The lowest BCUT2D eigenvalue weighted by Crippen LogP contribution is -2.40. The summed E-state index contributed by atoms with van der Waals surface area (Å²) in [5, 5.41) is 4.11. The van der Waals surface area contributed by atoms with Crippen molar-refractivity contribution in [2.24, 2.45) is 0 Å². The third-order valence-electron chi connectivity index (χ3n) is 4.36. The number of hydrogen-bond donors (Lipinski definition) is 0. The Hall–Kier alpha value is -2.64. The van der Waals surface area contributed by atoms with Crippen LogP contribution in [-0.4, -0.2) is 44.4 Å². The lowest BCUT2D eigenvalue weighted by atomic mass is 10.0. The van der Waals surface area contributed by atoms with Crippen molar-refractivity contribution >= 4 is 11.7 Å². The molecule has 0 aliphatic carbocycles. The van der Waals surface area contributed by atoms with E-state index in [1.54, 1.807) is 15.9 Å². The first-order valence-corrected chi connectivity index (χ1v) is 8.14. The van der Waals surface area contributed by atoms with Crippen molar-refractivity contribution in [1.29, 1.82) is 0 Å². The van der Waals surface area contributed by atoms with E-state index in [0.29, 0.717) is 19.2 Å². The van der Waals surface area contributed by atoms with E-state index < -0.39 is 17.4 Å². The summed E-state index contributed by atoms with van der Waals surface area (Å²) in [6.45, 7) is 1.14. The summed E-state index contributed by atoms with van der Waals surface area (Å²) in [5.41, 5.74) is -0.187. The molecule has 0 N–H and O–H groups in total. The molecule has 3 rings (SSSR count). The van der Waals surface area contributed by atoms with Crippen LogP contribution in [-0.2, 0) is 4.79 Å². The number of aromatic nitrogens is 3. The van der Waals surface area contributed by atoms with Crippen LogP contribution in [0.4, 0.5) is 8.78 Å². The largest absolute Gasteiger partial charge is 0.341 e. The fourth-order valence-corrected chi connectivity index (χ4v) is 3.03. The first-order valence-electron chi connectivity index (χ1n) is 8.14. The van der Waals surface area contributed by atoms with E-state index in [2.05, 4.69) is 10.1 Å². The molecule has 1 saturated heterocycles. The topological polar surface area (TPSA) is 68.1 Å². The fourth-order valence-electron chi connectivity index (χ4n) is 3.03. The molecule has 1 unspecified atom stereocenters. The molecule has 8 heteroatoms. The van der Waals surface area contributed by atoms with E-state index in [4.69, 9.17) is 0 Å². The van der Waals surface area contributed by atoms with E-state index in [1.165, 1.54) is 6.33 Å². The van der Waals surface area contributed by atoms with E-state index in [0.717, 1.165) is 25.0 Å². The van der Waals surface area contributed by atoms with Crippen LogP contribution in [0.15, 0.2) is 30.9 Å². The van der Waals surface area contributed by atoms with Gasteiger partial charge in [-0.05, 0) is 25.0 Å². The molecule has 1 aromatic heterocycles. The van der Waals surface area contributed by atoms with Crippen molar-refractivity contribution in [2.45, 2.75) is 31.7 Å². The molecular formula is C17H18F2N4O2. The molecule has 1 atom stereocenters. The maximum atomic E-state index is 13.6. The highest BCUT2D eigenvalue weighted by molar-refractivity contribution is 5.98. The van der Waals surface area contributed by atoms with Gasteiger partial charge in [-0.25, -0.2) is 18.4 Å². The number of halogens is 2. The first-order chi connectivity index (χ1) is 12.0. The van der Waals surface area contributed by atoms with Crippen LogP contribution in [0.2, 0.25) is 0 Å². The van der Waals surface area contributed by atoms with Gasteiger partial charge in [0.2, 0.25) is 5.91 Å². The lowest BCUT2D eigenvalue weighted by molar-refractivity contribution is -0.132. The smallest absolute Gasteiger partial charge is 0.223 e. The number of rotatable bonds is 5. The van der Waals surface area contributed by atoms with Gasteiger partial charge >= 0.3 is 0 Å². The summed E-state index contributed by atoms with van der Waals surface area (Å²) < 4.78 is 28.2. The Balaban J connectivity index is 1.56. The second-order valence-electron chi connectivity index (χ2n) is 6.06. The predicted molar refractivity (Wildman–Crippen MR) is 84.8 cm³/mol. The summed E-state index contributed by atoms with van der Waals surface area (Å²) in [5.74, 6) is -2.30. The van der Waals surface area contributed by atoms with Gasteiger partial charge < -0.3 is 4.90 Å². The molecule has 132 valence electrons. The molecule has 1 fully saturated rings. The number of likely N-dealkylation sites (tertiary alicyclic amines) is 1. The molecule has 0 radical (unpaired) electrons. The number of Topliss-reactive ketones (excluding diaryl/α,β-unsaturated/α-hetero) is 1. The number of carbonyl (C=O) groups is 2. The van der Waals surface area contributed by atoms with Crippen LogP contribution in [0.25, 0.3) is 0 Å². The zero-order valence-electron chi connectivity index (χ0n) is 13.6. The minimum absolute atomic E-state index is 0.000271. The van der Waals surface area contributed by atoms with Crippen LogP contribution in [0.1, 0.15) is 42.1 Å². The zero-order chi connectivity index (χ0) is 17.8. The van der Waals surface area contributed by atoms with E-state index in [1.807, 2.05) is 0 Å². The monoisotopic (exact) mass is 348 g/mol. The summed E-state index contributed by atoms with van der Waals surface area (Å²) in [7, 11) is 0. The Bertz CT molecular complexity index is 764. The van der Waals surface area contributed by atoms with Crippen molar-refractivity contribution in [1.82, 2.24) is 19.7 Å². The Morgan fingerprint density at radius 3 is 2.80 bits per heavy atom. The van der Waals surface area contributed by atoms with Gasteiger partial charge in [0.15, 0.2) is 5.78 Å². The Labute approximate surface area is 143 Å². The van der Waals surface area contributed by atoms with E-state index in [9.17, 15) is 18.4 Å². The molecule has 6 nitrogen and oxygen atoms in total. The maximum Gasteiger partial charge on any atom is 0.223 e. The van der Waals surface area contributed by atoms with Crippen molar-refractivity contribution in [2.75, 3.05) is 13.1 Å². The van der Waals surface area contributed by atoms with E-state index in [-0.39, 0.29) is 30.4 Å². The summed E-state index contributed by atoms with van der Waals surface area (Å²) in [6.07, 6.45) is 4.73. The third kappa shape index (κ3) is 4.07. The van der Waals surface area contributed by atoms with Crippen LogP contribution in [0, 0.1) is 11.6 Å². The Morgan fingerprint density at radius 2 is 2.08 bits per heavy atom. The van der Waals surface area contributed by atoms with Gasteiger partial charge in [-0.1, -0.05) is 0 Å². The Kier molecular flexibility index (Phi) is 5.16. The zero-order valence-corrected chi connectivity index (χ0v) is 13.6. The Morgan fingerprint density at radius 1 is 1.24 bits per heavy atom. The summed E-state index contributed by atoms with van der Waals surface area (Å²) >= 11 is 0. The van der Waals surface area contributed by atoms with Crippen molar-refractivity contribution in [3.63, 3.8) is 0 Å². The van der Waals surface area contributed by atoms with Crippen molar-refractivity contribution in [3.05, 3.63) is 48.1 Å². The average molecular weight is 348 g/mol. The highest BCUT2D eigenvalue weighted by Gasteiger charge is 2.25. The number of piperidine rings is 1. The predicted octanol–water partition coefficient (Wildman–Crippen LogP) is 2.38. The molecule has 1 aromatic carbocycles. The fraction of sp³-hybridized carbons (Fsp3) is 0.412. The SMILES string of the molecule is O=C(CCC(=O)N1CCCC(n2cncn2)C1)c1ccc(F)cc1F. The van der Waals surface area contributed by atoms with Gasteiger partial charge in [-0.3, -0.25) is 9.59 Å². The quantitative estimate of drug-likeness (QED) is 0.778. The van der Waals surface area contributed by atoms with Crippen LogP contribution >= 0.6 is 0 Å². The number of nitrogens with zero attached hydrogens (tertiary/aromatic N) is 4. The maximum absolute atomic E-state index is 13.6. The van der Waals surface area contributed by atoms with E-state index >= 15 is 0 Å². The van der Waals surface area contributed by atoms with Gasteiger partial charge in [-0.15, -0.1) is 0 Å². The summed E-state index contributed by atoms with van der Waals surface area (Å²) in [4.78, 5) is 30.0. The van der Waals surface area contributed by atoms with Crippen molar-refractivity contribution < 1.29 is 18.4 Å². The van der Waals surface area contributed by atoms with Gasteiger partial charge in [0.1, 0.15) is 24.3 Å². The van der Waals surface area contributed by atoms with Crippen LogP contribution in [0.3, 0.4) is 0 Å². The number of ketones is 1. The van der Waals surface area contributed by atoms with Gasteiger partial charge in [0, 0.05) is 32.0 Å². The molecular weight excluding hydrogens is 330 g/mol. The molecule has 1 amide bonds. The molecule has 2 aromatic rings. The average Bonchev–Trinajstić information content (AvgIpc) is 3.14. The molecule has 25 heavy (non-hydrogen) atoms. The van der Waals surface area contributed by atoms with Crippen LogP contribution in [0.5, 0.6) is 0 Å². The normalized spacial score (nSPS) is 17.5. The first kappa shape index (κ1) is 17.2. The standard InChI is InChI=1S/C17H18F2N4O2/c18-12-3-4-14(15(19)8-12)16(24)5-6-17(25)22-7-1-2-13(9-22)23-11-20-10-21-23/h3-4,8,10-11,13H,1-2,5-7,9H2. The van der Waals surface area contributed by atoms with Crippen molar-refractivity contribution in [3.8, 4) is 0 Å². The number of hydrogen-bond acceptors (Lipinski definition) is 4. The molecule has 0 spiro atoms. The minimum atomic E-state index is -0.901. The second kappa shape index (κ2) is 7.50. The number of carbonyl (C=O) groups excluding carboxylic acids is 2. The molecule has 0 bridgehead atoms. The molecule has 1 aliphatic rings. The highest BCUT2D eigenvalue weighted by Crippen LogP contribution is 2.21. The molecule has 2 heterocycles. The number of benzene rings is 1.